The molecule has 22 heavy (non-hydrogen) atoms. The quantitative estimate of drug-likeness (QED) is 0.680. The molecule has 0 aliphatic carbocycles. The van der Waals surface area contributed by atoms with Gasteiger partial charge in [0.2, 0.25) is 0 Å². The summed E-state index contributed by atoms with van der Waals surface area (Å²) in [5.74, 6) is 1.74. The summed E-state index contributed by atoms with van der Waals surface area (Å²) < 4.78 is 5.40. The van der Waals surface area contributed by atoms with Crippen molar-refractivity contribution in [1.82, 2.24) is 15.2 Å². The standard InChI is InChI=1S/C16H22N4OS/c1-12-18-9-14(22-12)10-19-16(17-2)20(3)11-13-7-5-6-8-15(13)21-4/h5-9H,10-11H2,1-4H3,(H,17,19). The number of nitrogens with zero attached hydrogens (tertiary/aromatic N) is 3. The van der Waals surface area contributed by atoms with Gasteiger partial charge >= 0.3 is 0 Å². The van der Waals surface area contributed by atoms with E-state index in [0.717, 1.165) is 35.4 Å². The number of guanidine groups is 1. The molecule has 1 aromatic heterocycles. The average Bonchev–Trinajstić information content (AvgIpc) is 2.94. The highest BCUT2D eigenvalue weighted by molar-refractivity contribution is 7.11. The number of benzene rings is 1. The summed E-state index contributed by atoms with van der Waals surface area (Å²) in [5, 5.41) is 4.44. The molecule has 5 nitrogen and oxygen atoms in total. The summed E-state index contributed by atoms with van der Waals surface area (Å²) in [6.07, 6.45) is 1.90. The Morgan fingerprint density at radius 2 is 2.18 bits per heavy atom. The fourth-order valence-electron chi connectivity index (χ4n) is 2.20. The molecular weight excluding hydrogens is 296 g/mol. The van der Waals surface area contributed by atoms with Gasteiger partial charge in [0.1, 0.15) is 5.75 Å². The van der Waals surface area contributed by atoms with Crippen molar-refractivity contribution in [1.29, 1.82) is 0 Å². The number of ether oxygens (including phenoxy) is 1. The monoisotopic (exact) mass is 318 g/mol. The fourth-order valence-corrected chi connectivity index (χ4v) is 2.94. The van der Waals surface area contributed by atoms with Gasteiger partial charge in [0, 0.05) is 37.3 Å². The maximum absolute atomic E-state index is 5.40. The predicted octanol–water partition coefficient (Wildman–Crippen LogP) is 2.67. The molecule has 1 N–H and O–H groups in total. The van der Waals surface area contributed by atoms with Crippen LogP contribution in [-0.4, -0.2) is 37.0 Å². The van der Waals surface area contributed by atoms with Gasteiger partial charge in [0.15, 0.2) is 5.96 Å². The SMILES string of the molecule is CN=C(NCc1cnc(C)s1)N(C)Cc1ccccc1OC. The van der Waals surface area contributed by atoms with Crippen LogP contribution >= 0.6 is 11.3 Å². The van der Waals surface area contributed by atoms with E-state index in [2.05, 4.69) is 26.3 Å². The maximum atomic E-state index is 5.40. The van der Waals surface area contributed by atoms with E-state index < -0.39 is 0 Å². The Balaban J connectivity index is 1.98. The molecule has 0 radical (unpaired) electrons. The Morgan fingerprint density at radius 1 is 1.41 bits per heavy atom. The molecule has 0 bridgehead atoms. The van der Waals surface area contributed by atoms with Gasteiger partial charge in [-0.05, 0) is 13.0 Å². The molecule has 118 valence electrons. The topological polar surface area (TPSA) is 49.8 Å². The molecule has 0 unspecified atom stereocenters. The number of nitrogens with one attached hydrogen (secondary N) is 1. The molecule has 0 saturated heterocycles. The van der Waals surface area contributed by atoms with E-state index in [4.69, 9.17) is 4.74 Å². The lowest BCUT2D eigenvalue weighted by atomic mass is 10.2. The fraction of sp³-hybridized carbons (Fsp3) is 0.375. The lowest BCUT2D eigenvalue weighted by Gasteiger charge is -2.22. The Kier molecular flexibility index (Phi) is 5.77. The van der Waals surface area contributed by atoms with Crippen molar-refractivity contribution in [3.05, 3.63) is 45.9 Å². The van der Waals surface area contributed by atoms with Gasteiger partial charge in [0.05, 0.1) is 18.7 Å². The van der Waals surface area contributed by atoms with Crippen molar-refractivity contribution in [3.8, 4) is 5.75 Å². The number of aromatic nitrogens is 1. The minimum atomic E-state index is 0.728. The Hall–Kier alpha value is -2.08. The average molecular weight is 318 g/mol. The van der Waals surface area contributed by atoms with Crippen molar-refractivity contribution in [2.45, 2.75) is 20.0 Å². The molecule has 0 amide bonds. The number of methoxy groups -OCH3 is 1. The van der Waals surface area contributed by atoms with Crippen LogP contribution in [0.2, 0.25) is 0 Å². The van der Waals surface area contributed by atoms with Crippen LogP contribution in [0.15, 0.2) is 35.5 Å². The molecule has 1 aromatic carbocycles. The van der Waals surface area contributed by atoms with Gasteiger partial charge in [0.25, 0.3) is 0 Å². The third-order valence-corrected chi connectivity index (χ3v) is 4.18. The van der Waals surface area contributed by atoms with Gasteiger partial charge in [-0.3, -0.25) is 4.99 Å². The van der Waals surface area contributed by atoms with Crippen LogP contribution in [-0.2, 0) is 13.1 Å². The lowest BCUT2D eigenvalue weighted by molar-refractivity contribution is 0.396. The van der Waals surface area contributed by atoms with Crippen molar-refractivity contribution < 1.29 is 4.74 Å². The second-order valence-corrected chi connectivity index (χ2v) is 6.23. The molecule has 6 heteroatoms. The summed E-state index contributed by atoms with van der Waals surface area (Å²) in [5.41, 5.74) is 1.13. The number of thiazole rings is 1. The van der Waals surface area contributed by atoms with Crippen LogP contribution in [0.25, 0.3) is 0 Å². The van der Waals surface area contributed by atoms with Crippen LogP contribution < -0.4 is 10.1 Å². The third kappa shape index (κ3) is 4.21. The van der Waals surface area contributed by atoms with E-state index in [1.54, 1.807) is 25.5 Å². The van der Waals surface area contributed by atoms with Crippen molar-refractivity contribution in [3.63, 3.8) is 0 Å². The van der Waals surface area contributed by atoms with E-state index in [1.807, 2.05) is 38.4 Å². The lowest BCUT2D eigenvalue weighted by Crippen LogP contribution is -2.37. The molecule has 2 rings (SSSR count). The first-order valence-electron chi connectivity index (χ1n) is 7.09. The second-order valence-electron chi connectivity index (χ2n) is 4.91. The first-order valence-corrected chi connectivity index (χ1v) is 7.90. The number of para-hydroxylation sites is 1. The van der Waals surface area contributed by atoms with Crippen LogP contribution in [0.5, 0.6) is 5.75 Å². The van der Waals surface area contributed by atoms with E-state index in [1.165, 1.54) is 4.88 Å². The molecule has 0 fully saturated rings. The Morgan fingerprint density at radius 3 is 2.82 bits per heavy atom. The van der Waals surface area contributed by atoms with E-state index in [-0.39, 0.29) is 0 Å². The third-order valence-electron chi connectivity index (χ3n) is 3.26. The molecular formula is C16H22N4OS. The van der Waals surface area contributed by atoms with E-state index in [9.17, 15) is 0 Å². The van der Waals surface area contributed by atoms with Crippen molar-refractivity contribution >= 4 is 17.3 Å². The molecule has 0 saturated carbocycles. The predicted molar refractivity (Wildman–Crippen MR) is 91.5 cm³/mol. The molecule has 0 aliphatic heterocycles. The normalized spacial score (nSPS) is 11.4. The number of aryl methyl sites for hydroxylation is 1. The molecule has 0 spiro atoms. The van der Waals surface area contributed by atoms with E-state index in [0.29, 0.717) is 0 Å². The summed E-state index contributed by atoms with van der Waals surface area (Å²) in [6.45, 7) is 3.47. The molecule has 2 aromatic rings. The van der Waals surface area contributed by atoms with Crippen LogP contribution in [0, 0.1) is 6.92 Å². The Bertz CT molecular complexity index is 639. The first kappa shape index (κ1) is 16.3. The van der Waals surface area contributed by atoms with E-state index >= 15 is 0 Å². The molecule has 0 atom stereocenters. The zero-order valence-corrected chi connectivity index (χ0v) is 14.3. The highest BCUT2D eigenvalue weighted by Gasteiger charge is 2.10. The molecule has 0 aliphatic rings. The van der Waals surface area contributed by atoms with Crippen molar-refractivity contribution in [2.75, 3.05) is 21.2 Å². The minimum absolute atomic E-state index is 0.728. The Labute approximate surface area is 135 Å². The van der Waals surface area contributed by atoms with Gasteiger partial charge < -0.3 is 15.0 Å². The summed E-state index contributed by atoms with van der Waals surface area (Å²) in [4.78, 5) is 11.9. The van der Waals surface area contributed by atoms with Crippen molar-refractivity contribution in [2.24, 2.45) is 4.99 Å². The first-order chi connectivity index (χ1) is 10.6. The van der Waals surface area contributed by atoms with Gasteiger partial charge in [-0.1, -0.05) is 18.2 Å². The smallest absolute Gasteiger partial charge is 0.193 e. The maximum Gasteiger partial charge on any atom is 0.193 e. The summed E-state index contributed by atoms with van der Waals surface area (Å²) in [7, 11) is 5.50. The highest BCUT2D eigenvalue weighted by atomic mass is 32.1. The number of aliphatic imine (C=N–C) groups is 1. The summed E-state index contributed by atoms with van der Waals surface area (Å²) in [6, 6.07) is 8.03. The number of rotatable bonds is 5. The number of hydrogen-bond acceptors (Lipinski definition) is 4. The van der Waals surface area contributed by atoms with Gasteiger partial charge in [-0.25, -0.2) is 4.98 Å². The number of hydrogen-bond donors (Lipinski definition) is 1. The van der Waals surface area contributed by atoms with Crippen LogP contribution in [0.1, 0.15) is 15.4 Å². The van der Waals surface area contributed by atoms with Gasteiger partial charge in [-0.2, -0.15) is 0 Å². The second kappa shape index (κ2) is 7.79. The largest absolute Gasteiger partial charge is 0.496 e. The van der Waals surface area contributed by atoms with Crippen LogP contribution in [0.4, 0.5) is 0 Å². The van der Waals surface area contributed by atoms with Crippen LogP contribution in [0.3, 0.4) is 0 Å². The zero-order valence-electron chi connectivity index (χ0n) is 13.5. The highest BCUT2D eigenvalue weighted by Crippen LogP contribution is 2.18. The van der Waals surface area contributed by atoms with Gasteiger partial charge in [-0.15, -0.1) is 11.3 Å². The minimum Gasteiger partial charge on any atom is -0.496 e. The zero-order chi connectivity index (χ0) is 15.9. The summed E-state index contributed by atoms with van der Waals surface area (Å²) >= 11 is 1.69. The molecule has 1 heterocycles.